The summed E-state index contributed by atoms with van der Waals surface area (Å²) in [6.45, 7) is 3.09. The van der Waals surface area contributed by atoms with Crippen molar-refractivity contribution in [1.29, 1.82) is 0 Å². The molecule has 1 aliphatic heterocycles. The van der Waals surface area contributed by atoms with Crippen LogP contribution in [0, 0.1) is 0 Å². The van der Waals surface area contributed by atoms with Crippen LogP contribution < -0.4 is 4.90 Å². The third-order valence-corrected chi connectivity index (χ3v) is 3.71. The van der Waals surface area contributed by atoms with Crippen LogP contribution in [0.2, 0.25) is 0 Å². The van der Waals surface area contributed by atoms with Gasteiger partial charge in [0.1, 0.15) is 0 Å². The number of carbonyl (C=O) groups excluding carboxylic acids is 1. The molecule has 21 heavy (non-hydrogen) atoms. The molecule has 0 bridgehead atoms. The first kappa shape index (κ1) is 13.5. The van der Waals surface area contributed by atoms with Gasteiger partial charge in [0.25, 0.3) is 0 Å². The van der Waals surface area contributed by atoms with Crippen molar-refractivity contribution < 1.29 is 4.79 Å². The number of nitrogens with zero attached hydrogens (tertiary/aromatic N) is 4. The normalized spacial score (nSPS) is 15.0. The number of benzene rings is 1. The van der Waals surface area contributed by atoms with Gasteiger partial charge in [-0.25, -0.2) is 0 Å². The van der Waals surface area contributed by atoms with Gasteiger partial charge < -0.3 is 9.80 Å². The topological polar surface area (TPSA) is 49.3 Å². The Bertz CT molecular complexity index is 580. The molecule has 5 nitrogen and oxygen atoms in total. The summed E-state index contributed by atoms with van der Waals surface area (Å²) in [5, 5.41) is 8.01. The highest BCUT2D eigenvalue weighted by Gasteiger charge is 2.21. The lowest BCUT2D eigenvalue weighted by Crippen LogP contribution is -2.49. The summed E-state index contributed by atoms with van der Waals surface area (Å²) in [4.78, 5) is 16.4. The van der Waals surface area contributed by atoms with Crippen LogP contribution >= 0.6 is 0 Å². The van der Waals surface area contributed by atoms with E-state index in [4.69, 9.17) is 0 Å². The lowest BCUT2D eigenvalue weighted by atomic mass is 10.1. The van der Waals surface area contributed by atoms with Gasteiger partial charge in [-0.3, -0.25) is 4.79 Å². The Morgan fingerprint density at radius 3 is 2.43 bits per heavy atom. The molecular weight excluding hydrogens is 264 g/mol. The fourth-order valence-corrected chi connectivity index (χ4v) is 2.53. The summed E-state index contributed by atoms with van der Waals surface area (Å²) >= 11 is 0. The van der Waals surface area contributed by atoms with E-state index in [0.717, 1.165) is 37.6 Å². The second kappa shape index (κ2) is 6.35. The van der Waals surface area contributed by atoms with E-state index in [-0.39, 0.29) is 5.91 Å². The molecule has 0 saturated carbocycles. The molecule has 0 aliphatic carbocycles. The minimum absolute atomic E-state index is 0.194. The first-order valence-corrected chi connectivity index (χ1v) is 7.17. The zero-order valence-electron chi connectivity index (χ0n) is 11.9. The Kier molecular flexibility index (Phi) is 4.09. The van der Waals surface area contributed by atoms with Gasteiger partial charge in [-0.15, -0.1) is 5.10 Å². The summed E-state index contributed by atoms with van der Waals surface area (Å²) in [5.74, 6) is 1.08. The Hall–Kier alpha value is -2.43. The van der Waals surface area contributed by atoms with Gasteiger partial charge in [0, 0.05) is 32.4 Å². The monoisotopic (exact) mass is 282 g/mol. The Balaban J connectivity index is 1.55. The maximum atomic E-state index is 12.3. The molecule has 1 aromatic carbocycles. The van der Waals surface area contributed by atoms with Gasteiger partial charge in [-0.2, -0.15) is 5.10 Å². The van der Waals surface area contributed by atoms with Crippen LogP contribution in [0.3, 0.4) is 0 Å². The lowest BCUT2D eigenvalue weighted by Gasteiger charge is -2.35. The third kappa shape index (κ3) is 3.37. The lowest BCUT2D eigenvalue weighted by molar-refractivity contribution is -0.130. The largest absolute Gasteiger partial charge is 0.352 e. The van der Waals surface area contributed by atoms with Crippen LogP contribution in [0.15, 0.2) is 48.7 Å². The van der Waals surface area contributed by atoms with Crippen LogP contribution in [0.5, 0.6) is 0 Å². The fourth-order valence-electron chi connectivity index (χ4n) is 2.53. The maximum Gasteiger partial charge on any atom is 0.227 e. The zero-order valence-corrected chi connectivity index (χ0v) is 11.9. The number of rotatable bonds is 3. The predicted molar refractivity (Wildman–Crippen MR) is 81.0 cm³/mol. The maximum absolute atomic E-state index is 12.3. The number of carbonyl (C=O) groups is 1. The van der Waals surface area contributed by atoms with E-state index in [1.54, 1.807) is 6.20 Å². The Morgan fingerprint density at radius 2 is 1.76 bits per heavy atom. The quantitative estimate of drug-likeness (QED) is 0.853. The molecule has 0 spiro atoms. The molecule has 1 fully saturated rings. The second-order valence-corrected chi connectivity index (χ2v) is 5.11. The highest BCUT2D eigenvalue weighted by atomic mass is 16.2. The number of anilines is 1. The van der Waals surface area contributed by atoms with E-state index in [1.807, 2.05) is 47.4 Å². The van der Waals surface area contributed by atoms with Gasteiger partial charge >= 0.3 is 0 Å². The van der Waals surface area contributed by atoms with Crippen LogP contribution in [0.4, 0.5) is 5.82 Å². The molecule has 1 amide bonds. The molecule has 0 radical (unpaired) electrons. The number of hydrogen-bond acceptors (Lipinski definition) is 4. The third-order valence-electron chi connectivity index (χ3n) is 3.71. The van der Waals surface area contributed by atoms with Gasteiger partial charge in [0.2, 0.25) is 5.91 Å². The first-order valence-electron chi connectivity index (χ1n) is 7.17. The molecule has 1 saturated heterocycles. The standard InChI is InChI=1S/C16H18N4O/c21-16(13-14-5-2-1-3-6-14)20-11-9-19(10-12-20)15-7-4-8-17-18-15/h1-8H,9-13H2. The minimum Gasteiger partial charge on any atom is -0.352 e. The molecule has 3 rings (SSSR count). The molecule has 108 valence electrons. The van der Waals surface area contributed by atoms with E-state index in [0.29, 0.717) is 6.42 Å². The number of aromatic nitrogens is 2. The molecule has 2 aromatic rings. The molecule has 5 heteroatoms. The van der Waals surface area contributed by atoms with E-state index >= 15 is 0 Å². The SMILES string of the molecule is O=C(Cc1ccccc1)N1CCN(c2cccnn2)CC1. The van der Waals surface area contributed by atoms with E-state index in [9.17, 15) is 4.79 Å². The van der Waals surface area contributed by atoms with Gasteiger partial charge in [-0.05, 0) is 17.7 Å². The van der Waals surface area contributed by atoms with Crippen LogP contribution in [0.1, 0.15) is 5.56 Å². The van der Waals surface area contributed by atoms with Crippen molar-refractivity contribution in [2.45, 2.75) is 6.42 Å². The molecule has 2 heterocycles. The minimum atomic E-state index is 0.194. The Labute approximate surface area is 124 Å². The van der Waals surface area contributed by atoms with Gasteiger partial charge in [0.05, 0.1) is 6.42 Å². The number of hydrogen-bond donors (Lipinski definition) is 0. The molecule has 1 aliphatic rings. The van der Waals surface area contributed by atoms with Gasteiger partial charge in [-0.1, -0.05) is 30.3 Å². The van der Waals surface area contributed by atoms with Crippen molar-refractivity contribution in [3.8, 4) is 0 Å². The number of amides is 1. The molecule has 0 atom stereocenters. The summed E-state index contributed by atoms with van der Waals surface area (Å²) in [6, 6.07) is 13.7. The van der Waals surface area contributed by atoms with E-state index in [1.165, 1.54) is 0 Å². The Morgan fingerprint density at radius 1 is 1.00 bits per heavy atom. The summed E-state index contributed by atoms with van der Waals surface area (Å²) in [5.41, 5.74) is 1.07. The van der Waals surface area contributed by atoms with Crippen molar-refractivity contribution in [3.05, 3.63) is 54.2 Å². The van der Waals surface area contributed by atoms with Crippen LogP contribution in [-0.2, 0) is 11.2 Å². The van der Waals surface area contributed by atoms with E-state index in [2.05, 4.69) is 15.1 Å². The average molecular weight is 282 g/mol. The van der Waals surface area contributed by atoms with E-state index < -0.39 is 0 Å². The number of piperazine rings is 1. The van der Waals surface area contributed by atoms with Crippen molar-refractivity contribution in [3.63, 3.8) is 0 Å². The summed E-state index contributed by atoms with van der Waals surface area (Å²) in [6.07, 6.45) is 2.15. The molecular formula is C16H18N4O. The molecule has 0 unspecified atom stereocenters. The van der Waals surface area contributed by atoms with Crippen LogP contribution in [0.25, 0.3) is 0 Å². The smallest absolute Gasteiger partial charge is 0.227 e. The molecule has 0 N–H and O–H groups in total. The van der Waals surface area contributed by atoms with Crippen molar-refractivity contribution >= 4 is 11.7 Å². The summed E-state index contributed by atoms with van der Waals surface area (Å²) in [7, 11) is 0. The first-order chi connectivity index (χ1) is 10.3. The second-order valence-electron chi connectivity index (χ2n) is 5.11. The van der Waals surface area contributed by atoms with Crippen molar-refractivity contribution in [2.75, 3.05) is 31.1 Å². The van der Waals surface area contributed by atoms with Gasteiger partial charge in [0.15, 0.2) is 5.82 Å². The highest BCUT2D eigenvalue weighted by molar-refractivity contribution is 5.79. The average Bonchev–Trinajstić information content (AvgIpc) is 2.57. The zero-order chi connectivity index (χ0) is 14.5. The predicted octanol–water partition coefficient (Wildman–Crippen LogP) is 1.37. The van der Waals surface area contributed by atoms with Crippen molar-refractivity contribution in [1.82, 2.24) is 15.1 Å². The summed E-state index contributed by atoms with van der Waals surface area (Å²) < 4.78 is 0. The molecule has 1 aromatic heterocycles. The van der Waals surface area contributed by atoms with Crippen LogP contribution in [-0.4, -0.2) is 47.2 Å². The fraction of sp³-hybridized carbons (Fsp3) is 0.312. The van der Waals surface area contributed by atoms with Crippen molar-refractivity contribution in [2.24, 2.45) is 0 Å². The highest BCUT2D eigenvalue weighted by Crippen LogP contribution is 2.12.